The van der Waals surface area contributed by atoms with Gasteiger partial charge in [0.15, 0.2) is 6.61 Å². The van der Waals surface area contributed by atoms with Crippen LogP contribution in [0.4, 0.5) is 18.9 Å². The molecular weight excluding hydrogens is 373 g/mol. The van der Waals surface area contributed by atoms with Gasteiger partial charge in [0.05, 0.1) is 23.9 Å². The van der Waals surface area contributed by atoms with E-state index in [0.717, 1.165) is 12.1 Å². The summed E-state index contributed by atoms with van der Waals surface area (Å²) in [5.74, 6) is -0.0947. The van der Waals surface area contributed by atoms with Crippen LogP contribution in [0.5, 0.6) is 5.75 Å². The SMILES string of the molecule is COc1ccccc1/C=N\OCC(=O)Nc1ccc(Cl)c(C(F)(F)F)c1. The lowest BCUT2D eigenvalue weighted by Gasteiger charge is -2.11. The van der Waals surface area contributed by atoms with Crippen LogP contribution in [0, 0.1) is 0 Å². The topological polar surface area (TPSA) is 59.9 Å². The number of carbonyl (C=O) groups is 1. The zero-order chi connectivity index (χ0) is 19.2. The van der Waals surface area contributed by atoms with Crippen molar-refractivity contribution in [3.63, 3.8) is 0 Å². The predicted octanol–water partition coefficient (Wildman–Crippen LogP) is 4.36. The van der Waals surface area contributed by atoms with Crippen molar-refractivity contribution in [2.75, 3.05) is 19.0 Å². The lowest BCUT2D eigenvalue weighted by molar-refractivity contribution is -0.137. The van der Waals surface area contributed by atoms with Crippen molar-refractivity contribution in [3.8, 4) is 5.75 Å². The summed E-state index contributed by atoms with van der Waals surface area (Å²) in [7, 11) is 1.50. The average molecular weight is 387 g/mol. The van der Waals surface area contributed by atoms with Gasteiger partial charge in [0.2, 0.25) is 0 Å². The van der Waals surface area contributed by atoms with Gasteiger partial charge in [-0.1, -0.05) is 28.9 Å². The maximum Gasteiger partial charge on any atom is 0.417 e. The fraction of sp³-hybridized carbons (Fsp3) is 0.176. The summed E-state index contributed by atoms with van der Waals surface area (Å²) in [5.41, 5.74) is -0.445. The highest BCUT2D eigenvalue weighted by molar-refractivity contribution is 6.31. The molecular formula is C17H14ClF3N2O3. The van der Waals surface area contributed by atoms with Crippen molar-refractivity contribution < 1.29 is 27.5 Å². The fourth-order valence-corrected chi connectivity index (χ4v) is 2.21. The largest absolute Gasteiger partial charge is 0.496 e. The van der Waals surface area contributed by atoms with Crippen molar-refractivity contribution >= 4 is 29.4 Å². The number of hydrogen-bond donors (Lipinski definition) is 1. The number of ether oxygens (including phenoxy) is 1. The van der Waals surface area contributed by atoms with Crippen molar-refractivity contribution in [3.05, 3.63) is 58.6 Å². The molecule has 0 bridgehead atoms. The van der Waals surface area contributed by atoms with Crippen LogP contribution in [0.2, 0.25) is 5.02 Å². The number of para-hydroxylation sites is 1. The number of halogens is 4. The van der Waals surface area contributed by atoms with Gasteiger partial charge >= 0.3 is 6.18 Å². The molecule has 0 atom stereocenters. The van der Waals surface area contributed by atoms with E-state index in [4.69, 9.17) is 21.2 Å². The average Bonchev–Trinajstić information content (AvgIpc) is 2.59. The van der Waals surface area contributed by atoms with E-state index in [1.807, 2.05) is 0 Å². The Morgan fingerprint density at radius 1 is 1.27 bits per heavy atom. The van der Waals surface area contributed by atoms with Crippen LogP contribution in [-0.2, 0) is 15.8 Å². The van der Waals surface area contributed by atoms with E-state index in [9.17, 15) is 18.0 Å². The summed E-state index contributed by atoms with van der Waals surface area (Å²) in [4.78, 5) is 16.6. The summed E-state index contributed by atoms with van der Waals surface area (Å²) in [6, 6.07) is 10.1. The molecule has 0 spiro atoms. The van der Waals surface area contributed by atoms with Gasteiger partial charge in [-0.05, 0) is 30.3 Å². The second-order valence-electron chi connectivity index (χ2n) is 4.99. The number of methoxy groups -OCH3 is 1. The van der Waals surface area contributed by atoms with Crippen LogP contribution in [0.1, 0.15) is 11.1 Å². The zero-order valence-corrected chi connectivity index (χ0v) is 14.3. The maximum atomic E-state index is 12.8. The third-order valence-electron chi connectivity index (χ3n) is 3.16. The number of amides is 1. The molecule has 0 heterocycles. The summed E-state index contributed by atoms with van der Waals surface area (Å²) >= 11 is 5.52. The molecule has 0 aromatic heterocycles. The highest BCUT2D eigenvalue weighted by Gasteiger charge is 2.33. The third-order valence-corrected chi connectivity index (χ3v) is 3.49. The molecule has 2 aromatic rings. The van der Waals surface area contributed by atoms with Crippen LogP contribution < -0.4 is 10.1 Å². The fourth-order valence-electron chi connectivity index (χ4n) is 1.98. The van der Waals surface area contributed by atoms with Crippen molar-refractivity contribution in [1.29, 1.82) is 0 Å². The van der Waals surface area contributed by atoms with E-state index < -0.39 is 29.3 Å². The lowest BCUT2D eigenvalue weighted by atomic mass is 10.2. The molecule has 1 N–H and O–H groups in total. The standard InChI is InChI=1S/C17H14ClF3N2O3/c1-25-15-5-3-2-4-11(15)9-22-26-10-16(24)23-12-6-7-14(18)13(8-12)17(19,20)21/h2-9H,10H2,1H3,(H,23,24)/b22-9-. The lowest BCUT2D eigenvalue weighted by Crippen LogP contribution is -2.17. The number of alkyl halides is 3. The smallest absolute Gasteiger partial charge is 0.417 e. The Morgan fingerprint density at radius 2 is 2.00 bits per heavy atom. The number of hydrogen-bond acceptors (Lipinski definition) is 4. The highest BCUT2D eigenvalue weighted by atomic mass is 35.5. The third kappa shape index (κ3) is 5.38. The van der Waals surface area contributed by atoms with Gasteiger partial charge < -0.3 is 14.9 Å². The number of benzene rings is 2. The van der Waals surface area contributed by atoms with Crippen LogP contribution in [0.25, 0.3) is 0 Å². The van der Waals surface area contributed by atoms with Crippen LogP contribution in [-0.4, -0.2) is 25.8 Å². The summed E-state index contributed by atoms with van der Waals surface area (Å²) in [6.07, 6.45) is -3.26. The molecule has 0 aliphatic carbocycles. The molecule has 138 valence electrons. The molecule has 9 heteroatoms. The van der Waals surface area contributed by atoms with Crippen LogP contribution in [0.3, 0.4) is 0 Å². The van der Waals surface area contributed by atoms with E-state index in [2.05, 4.69) is 10.5 Å². The molecule has 0 fully saturated rings. The van der Waals surface area contributed by atoms with Crippen molar-refractivity contribution in [2.45, 2.75) is 6.18 Å². The molecule has 0 saturated carbocycles. The minimum absolute atomic E-state index is 0.0518. The maximum absolute atomic E-state index is 12.8. The van der Waals surface area contributed by atoms with Crippen LogP contribution in [0.15, 0.2) is 47.6 Å². The minimum Gasteiger partial charge on any atom is -0.496 e. The monoisotopic (exact) mass is 386 g/mol. The van der Waals surface area contributed by atoms with E-state index >= 15 is 0 Å². The molecule has 2 aromatic carbocycles. The van der Waals surface area contributed by atoms with Gasteiger partial charge in [-0.2, -0.15) is 13.2 Å². The molecule has 0 aliphatic rings. The molecule has 5 nitrogen and oxygen atoms in total. The summed E-state index contributed by atoms with van der Waals surface area (Å²) in [5, 5.41) is 5.47. The van der Waals surface area contributed by atoms with E-state index in [1.54, 1.807) is 24.3 Å². The number of anilines is 1. The van der Waals surface area contributed by atoms with Crippen LogP contribution >= 0.6 is 11.6 Å². The quantitative estimate of drug-likeness (QED) is 0.593. The Bertz CT molecular complexity index is 810. The molecule has 0 aliphatic heterocycles. The van der Waals surface area contributed by atoms with Crippen molar-refractivity contribution in [1.82, 2.24) is 0 Å². The Balaban J connectivity index is 1.92. The molecule has 0 unspecified atom stereocenters. The van der Waals surface area contributed by atoms with Gasteiger partial charge in [-0.15, -0.1) is 0 Å². The Kier molecular flexibility index (Phi) is 6.46. The van der Waals surface area contributed by atoms with E-state index in [-0.39, 0.29) is 5.69 Å². The number of nitrogens with one attached hydrogen (secondary N) is 1. The first-order chi connectivity index (χ1) is 12.3. The Hall–Kier alpha value is -2.74. The second kappa shape index (κ2) is 8.57. The van der Waals surface area contributed by atoms with Gasteiger partial charge in [-0.3, -0.25) is 4.79 Å². The second-order valence-corrected chi connectivity index (χ2v) is 5.40. The molecule has 0 saturated heterocycles. The molecule has 1 amide bonds. The molecule has 0 radical (unpaired) electrons. The molecule has 26 heavy (non-hydrogen) atoms. The first-order valence-electron chi connectivity index (χ1n) is 7.26. The van der Waals surface area contributed by atoms with Gasteiger partial charge in [0.1, 0.15) is 5.75 Å². The minimum atomic E-state index is -4.62. The number of rotatable bonds is 6. The Morgan fingerprint density at radius 3 is 2.69 bits per heavy atom. The first kappa shape index (κ1) is 19.6. The number of oxime groups is 1. The van der Waals surface area contributed by atoms with Gasteiger partial charge in [-0.25, -0.2) is 0 Å². The van der Waals surface area contributed by atoms with Gasteiger partial charge in [0, 0.05) is 11.3 Å². The molecule has 2 rings (SSSR count). The van der Waals surface area contributed by atoms with E-state index in [0.29, 0.717) is 11.3 Å². The number of nitrogens with zero attached hydrogens (tertiary/aromatic N) is 1. The van der Waals surface area contributed by atoms with Gasteiger partial charge in [0.25, 0.3) is 5.91 Å². The number of carbonyl (C=O) groups excluding carboxylic acids is 1. The zero-order valence-electron chi connectivity index (χ0n) is 13.5. The predicted molar refractivity (Wildman–Crippen MR) is 91.6 cm³/mol. The first-order valence-corrected chi connectivity index (χ1v) is 7.64. The van der Waals surface area contributed by atoms with E-state index in [1.165, 1.54) is 19.4 Å². The summed E-state index contributed by atoms with van der Waals surface area (Å²) in [6.45, 7) is -0.477. The van der Waals surface area contributed by atoms with Crippen molar-refractivity contribution in [2.24, 2.45) is 5.16 Å². The Labute approximate surface area is 152 Å². The summed E-state index contributed by atoms with van der Waals surface area (Å²) < 4.78 is 43.5. The normalized spacial score (nSPS) is 11.4. The highest BCUT2D eigenvalue weighted by Crippen LogP contribution is 2.36.